The van der Waals surface area contributed by atoms with Crippen LogP contribution in [0, 0.1) is 0 Å². The zero-order valence-corrected chi connectivity index (χ0v) is 12.3. The predicted molar refractivity (Wildman–Crippen MR) is 69.4 cm³/mol. The predicted octanol–water partition coefficient (Wildman–Crippen LogP) is 0.0910. The number of piperidine rings is 1. The summed E-state index contributed by atoms with van der Waals surface area (Å²) in [5.74, 6) is 0. The third kappa shape index (κ3) is 5.62. The molecule has 0 radical (unpaired) electrons. The molecule has 1 saturated heterocycles. The molecule has 1 unspecified atom stereocenters. The fourth-order valence-electron chi connectivity index (χ4n) is 1.92. The number of rotatable bonds is 4. The summed E-state index contributed by atoms with van der Waals surface area (Å²) in [6.45, 7) is 6.57. The maximum absolute atomic E-state index is 11.3. The van der Waals surface area contributed by atoms with Gasteiger partial charge in [0.2, 0.25) is 16.4 Å². The minimum atomic E-state index is -3.09. The largest absolute Gasteiger partial charge is 0.356 e. The fraction of sp³-hybridized carbons (Fsp3) is 1.00. The second kappa shape index (κ2) is 5.83. The topological polar surface area (TPSA) is 78.9 Å². The molecule has 18 heavy (non-hydrogen) atoms. The van der Waals surface area contributed by atoms with Crippen LogP contribution < -0.4 is 5.32 Å². The Labute approximate surface area is 109 Å². The van der Waals surface area contributed by atoms with Gasteiger partial charge in [0.1, 0.15) is 0 Å². The highest BCUT2D eigenvalue weighted by atomic mass is 32.2. The monoisotopic (exact) mass is 280 g/mol. The summed E-state index contributed by atoms with van der Waals surface area (Å²) >= 11 is 0. The van der Waals surface area contributed by atoms with E-state index in [9.17, 15) is 13.5 Å². The summed E-state index contributed by atoms with van der Waals surface area (Å²) in [5.41, 5.74) is -0.417. The molecule has 1 fully saturated rings. The van der Waals surface area contributed by atoms with E-state index in [2.05, 4.69) is 5.32 Å². The van der Waals surface area contributed by atoms with Crippen molar-refractivity contribution >= 4 is 10.0 Å². The van der Waals surface area contributed by atoms with E-state index in [0.29, 0.717) is 25.9 Å². The van der Waals surface area contributed by atoms with Gasteiger partial charge in [0.15, 0.2) is 0 Å². The van der Waals surface area contributed by atoms with E-state index in [-0.39, 0.29) is 6.04 Å². The molecule has 0 spiro atoms. The number of aliphatic hydroxyl groups excluding tert-OH is 1. The summed E-state index contributed by atoms with van der Waals surface area (Å²) in [6, 6.07) is 0.0837. The van der Waals surface area contributed by atoms with E-state index in [0.717, 1.165) is 0 Å². The van der Waals surface area contributed by atoms with E-state index in [1.54, 1.807) is 0 Å². The van der Waals surface area contributed by atoms with E-state index < -0.39 is 22.0 Å². The first-order valence-corrected chi connectivity index (χ1v) is 8.00. The van der Waals surface area contributed by atoms with Crippen LogP contribution in [0.5, 0.6) is 0 Å². The van der Waals surface area contributed by atoms with Crippen LogP contribution in [0.3, 0.4) is 0 Å². The Morgan fingerprint density at radius 3 is 2.22 bits per heavy atom. The van der Waals surface area contributed by atoms with Crippen molar-refractivity contribution in [1.29, 1.82) is 0 Å². The molecule has 0 aromatic rings. The molecule has 0 aromatic carbocycles. The molecule has 1 heterocycles. The highest BCUT2D eigenvalue weighted by Crippen LogP contribution is 2.15. The molecule has 108 valence electrons. The lowest BCUT2D eigenvalue weighted by molar-refractivity contribution is -0.186. The van der Waals surface area contributed by atoms with Crippen molar-refractivity contribution in [2.45, 2.75) is 51.7 Å². The van der Waals surface area contributed by atoms with Crippen LogP contribution in [0.25, 0.3) is 0 Å². The summed E-state index contributed by atoms with van der Waals surface area (Å²) in [6.07, 6.45) is 1.56. The maximum Gasteiger partial charge on any atom is 0.214 e. The third-order valence-electron chi connectivity index (χ3n) is 2.77. The van der Waals surface area contributed by atoms with Crippen molar-refractivity contribution in [3.8, 4) is 0 Å². The van der Waals surface area contributed by atoms with Gasteiger partial charge in [0, 0.05) is 19.1 Å². The van der Waals surface area contributed by atoms with Crippen molar-refractivity contribution in [3.63, 3.8) is 0 Å². The Bertz CT molecular complexity index is 356. The van der Waals surface area contributed by atoms with Crippen molar-refractivity contribution in [2.75, 3.05) is 19.3 Å². The molecule has 1 rings (SSSR count). The Balaban J connectivity index is 2.36. The van der Waals surface area contributed by atoms with Gasteiger partial charge in [0.05, 0.1) is 11.9 Å². The van der Waals surface area contributed by atoms with Gasteiger partial charge in [0.25, 0.3) is 0 Å². The van der Waals surface area contributed by atoms with Gasteiger partial charge >= 0.3 is 0 Å². The molecular weight excluding hydrogens is 256 g/mol. The number of sulfonamides is 1. The number of nitrogens with zero attached hydrogens (tertiary/aromatic N) is 1. The standard InChI is InChI=1S/C11H24N2O4S/c1-11(2,3)17-10(14)12-9-5-7-13(8-6-9)18(4,15)16/h9-10,12,14H,5-8H2,1-4H3. The van der Waals surface area contributed by atoms with Crippen LogP contribution in [0.2, 0.25) is 0 Å². The van der Waals surface area contributed by atoms with E-state index in [1.165, 1.54) is 10.6 Å². The van der Waals surface area contributed by atoms with Crippen molar-refractivity contribution in [3.05, 3.63) is 0 Å². The SMILES string of the molecule is CC(C)(C)OC(O)NC1CCN(S(C)(=O)=O)CC1. The number of ether oxygens (including phenoxy) is 1. The van der Waals surface area contributed by atoms with Gasteiger partial charge < -0.3 is 9.84 Å². The number of nitrogens with one attached hydrogen (secondary N) is 1. The van der Waals surface area contributed by atoms with Gasteiger partial charge in [-0.15, -0.1) is 0 Å². The average Bonchev–Trinajstić information content (AvgIpc) is 2.13. The molecule has 7 heteroatoms. The summed E-state index contributed by atoms with van der Waals surface area (Å²) in [4.78, 5) is 0. The zero-order chi connectivity index (χ0) is 14.0. The Hall–Kier alpha value is -0.210. The van der Waals surface area contributed by atoms with E-state index >= 15 is 0 Å². The van der Waals surface area contributed by atoms with Crippen molar-refractivity contribution in [2.24, 2.45) is 0 Å². The highest BCUT2D eigenvalue weighted by molar-refractivity contribution is 7.88. The Morgan fingerprint density at radius 1 is 1.33 bits per heavy atom. The third-order valence-corrected chi connectivity index (χ3v) is 4.07. The number of hydrogen-bond acceptors (Lipinski definition) is 5. The zero-order valence-electron chi connectivity index (χ0n) is 11.5. The number of aliphatic hydroxyl groups is 1. The van der Waals surface area contributed by atoms with Crippen LogP contribution in [0.4, 0.5) is 0 Å². The quantitative estimate of drug-likeness (QED) is 0.714. The van der Waals surface area contributed by atoms with Crippen LogP contribution >= 0.6 is 0 Å². The van der Waals surface area contributed by atoms with Crippen molar-refractivity contribution in [1.82, 2.24) is 9.62 Å². The van der Waals surface area contributed by atoms with Gasteiger partial charge in [-0.3, -0.25) is 5.32 Å². The molecule has 0 aliphatic carbocycles. The van der Waals surface area contributed by atoms with Crippen molar-refractivity contribution < 1.29 is 18.3 Å². The lowest BCUT2D eigenvalue weighted by Gasteiger charge is -2.33. The molecule has 0 amide bonds. The minimum absolute atomic E-state index is 0.0837. The molecule has 1 atom stereocenters. The van der Waals surface area contributed by atoms with E-state index in [1.807, 2.05) is 20.8 Å². The first-order valence-electron chi connectivity index (χ1n) is 6.15. The van der Waals surface area contributed by atoms with Crippen LogP contribution in [0.1, 0.15) is 33.6 Å². The first kappa shape index (κ1) is 15.8. The maximum atomic E-state index is 11.3. The average molecular weight is 280 g/mol. The van der Waals surface area contributed by atoms with Crippen LogP contribution in [-0.4, -0.2) is 55.2 Å². The molecule has 6 nitrogen and oxygen atoms in total. The van der Waals surface area contributed by atoms with Gasteiger partial charge in [-0.05, 0) is 33.6 Å². The molecule has 0 bridgehead atoms. The summed E-state index contributed by atoms with van der Waals surface area (Å²) in [5, 5.41) is 12.7. The lowest BCUT2D eigenvalue weighted by atomic mass is 10.1. The van der Waals surface area contributed by atoms with E-state index in [4.69, 9.17) is 4.74 Å². The normalized spacial score (nSPS) is 22.1. The molecule has 0 saturated carbocycles. The summed E-state index contributed by atoms with van der Waals surface area (Å²) < 4.78 is 29.5. The van der Waals surface area contributed by atoms with Crippen LogP contribution in [-0.2, 0) is 14.8 Å². The second-order valence-electron chi connectivity index (χ2n) is 5.69. The lowest BCUT2D eigenvalue weighted by Crippen LogP contribution is -2.49. The Kier molecular flexibility index (Phi) is 5.13. The minimum Gasteiger partial charge on any atom is -0.356 e. The number of hydrogen-bond donors (Lipinski definition) is 2. The molecular formula is C11H24N2O4S. The molecule has 2 N–H and O–H groups in total. The van der Waals surface area contributed by atoms with Crippen LogP contribution in [0.15, 0.2) is 0 Å². The van der Waals surface area contributed by atoms with Gasteiger partial charge in [-0.1, -0.05) is 0 Å². The smallest absolute Gasteiger partial charge is 0.214 e. The first-order chi connectivity index (χ1) is 8.08. The molecule has 1 aliphatic heterocycles. The fourth-order valence-corrected chi connectivity index (χ4v) is 2.80. The molecule has 0 aromatic heterocycles. The highest BCUT2D eigenvalue weighted by Gasteiger charge is 2.27. The second-order valence-corrected chi connectivity index (χ2v) is 7.67. The van der Waals surface area contributed by atoms with Gasteiger partial charge in [-0.2, -0.15) is 0 Å². The summed E-state index contributed by atoms with van der Waals surface area (Å²) in [7, 11) is -3.09. The Morgan fingerprint density at radius 2 is 1.83 bits per heavy atom. The molecule has 1 aliphatic rings. The van der Waals surface area contributed by atoms with Gasteiger partial charge in [-0.25, -0.2) is 12.7 Å².